The molecule has 20 heavy (non-hydrogen) atoms. The Balaban J connectivity index is 2.84. The molecule has 0 aliphatic carbocycles. The van der Waals surface area contributed by atoms with Gasteiger partial charge in [-0.15, -0.1) is 0 Å². The highest BCUT2D eigenvalue weighted by atomic mass is 35.6. The van der Waals surface area contributed by atoms with Gasteiger partial charge in [-0.3, -0.25) is 14.9 Å². The first-order chi connectivity index (χ1) is 9.24. The number of benzene rings is 1. The van der Waals surface area contributed by atoms with E-state index >= 15 is 0 Å². The van der Waals surface area contributed by atoms with Gasteiger partial charge < -0.3 is 10.1 Å². The van der Waals surface area contributed by atoms with Crippen LogP contribution in [0.2, 0.25) is 0 Å². The third-order valence-corrected chi connectivity index (χ3v) is 2.61. The van der Waals surface area contributed by atoms with E-state index in [1.54, 1.807) is 0 Å². The SMILES string of the molecule is O=C(CF)NC(Oc1ccc([N+](=O)[O-])cc1)C(Cl)(Cl)Cl. The number of ether oxygens (including phenoxy) is 1. The minimum Gasteiger partial charge on any atom is -0.466 e. The number of hydrogen-bond donors (Lipinski definition) is 1. The largest absolute Gasteiger partial charge is 0.466 e. The molecule has 0 bridgehead atoms. The summed E-state index contributed by atoms with van der Waals surface area (Å²) in [4.78, 5) is 20.9. The number of nitrogens with one attached hydrogen (secondary N) is 1. The third-order valence-electron chi connectivity index (χ3n) is 2.01. The molecule has 0 saturated heterocycles. The summed E-state index contributed by atoms with van der Waals surface area (Å²) < 4.78 is 15.3. The van der Waals surface area contributed by atoms with Gasteiger partial charge in [0.2, 0.25) is 10.0 Å². The molecule has 110 valence electrons. The van der Waals surface area contributed by atoms with Crippen LogP contribution in [0, 0.1) is 10.1 Å². The average molecular weight is 346 g/mol. The summed E-state index contributed by atoms with van der Waals surface area (Å²) in [6.07, 6.45) is -1.45. The molecule has 0 spiro atoms. The second-order valence-corrected chi connectivity index (χ2v) is 5.86. The van der Waals surface area contributed by atoms with Gasteiger partial charge in [-0.2, -0.15) is 0 Å². The zero-order valence-electron chi connectivity index (χ0n) is 9.69. The molecule has 0 fully saturated rings. The predicted molar refractivity (Wildman–Crippen MR) is 71.9 cm³/mol. The van der Waals surface area contributed by atoms with Crippen LogP contribution in [-0.4, -0.2) is 27.5 Å². The monoisotopic (exact) mass is 344 g/mol. The summed E-state index contributed by atoms with van der Waals surface area (Å²) in [6, 6.07) is 4.84. The van der Waals surface area contributed by atoms with Crippen LogP contribution >= 0.6 is 34.8 Å². The zero-order valence-corrected chi connectivity index (χ0v) is 12.0. The van der Waals surface area contributed by atoms with E-state index in [1.165, 1.54) is 24.3 Å². The maximum Gasteiger partial charge on any atom is 0.269 e. The van der Waals surface area contributed by atoms with E-state index < -0.39 is 27.5 Å². The predicted octanol–water partition coefficient (Wildman–Crippen LogP) is 2.76. The van der Waals surface area contributed by atoms with Crippen molar-refractivity contribution in [3.63, 3.8) is 0 Å². The number of halogens is 4. The lowest BCUT2D eigenvalue weighted by Crippen LogP contribution is -2.48. The van der Waals surface area contributed by atoms with Crippen LogP contribution in [0.3, 0.4) is 0 Å². The number of rotatable bonds is 5. The van der Waals surface area contributed by atoms with Crippen LogP contribution in [0.1, 0.15) is 0 Å². The van der Waals surface area contributed by atoms with Crippen molar-refractivity contribution in [1.29, 1.82) is 0 Å². The first kappa shape index (κ1) is 16.7. The van der Waals surface area contributed by atoms with E-state index in [0.717, 1.165) is 0 Å². The molecular weight excluding hydrogens is 337 g/mol. The fraction of sp³-hybridized carbons (Fsp3) is 0.300. The van der Waals surface area contributed by atoms with Crippen LogP contribution in [-0.2, 0) is 4.79 Å². The molecule has 0 radical (unpaired) electrons. The molecule has 1 atom stereocenters. The van der Waals surface area contributed by atoms with Gasteiger partial charge in [-0.05, 0) is 12.1 Å². The van der Waals surface area contributed by atoms with E-state index in [4.69, 9.17) is 39.5 Å². The fourth-order valence-corrected chi connectivity index (χ4v) is 1.44. The van der Waals surface area contributed by atoms with E-state index in [1.807, 2.05) is 5.32 Å². The number of alkyl halides is 4. The second kappa shape index (κ2) is 6.92. The van der Waals surface area contributed by atoms with Gasteiger partial charge >= 0.3 is 0 Å². The summed E-state index contributed by atoms with van der Waals surface area (Å²) in [6.45, 7) is -1.30. The second-order valence-electron chi connectivity index (χ2n) is 3.49. The number of amides is 1. The minimum absolute atomic E-state index is 0.103. The zero-order chi connectivity index (χ0) is 15.3. The highest BCUT2D eigenvalue weighted by Gasteiger charge is 2.36. The number of nitrogens with zero attached hydrogens (tertiary/aromatic N) is 1. The number of non-ortho nitro benzene ring substituents is 1. The van der Waals surface area contributed by atoms with Crippen LogP contribution < -0.4 is 10.1 Å². The maximum atomic E-state index is 12.1. The van der Waals surface area contributed by atoms with Crippen LogP contribution in [0.4, 0.5) is 10.1 Å². The molecule has 1 amide bonds. The maximum absolute atomic E-state index is 12.1. The van der Waals surface area contributed by atoms with Crippen LogP contribution in [0.15, 0.2) is 24.3 Å². The standard InChI is InChI=1S/C10H8Cl3FN2O4/c11-10(12,13)9(15-8(17)5-14)20-7-3-1-6(2-4-7)16(18)19/h1-4,9H,5H2,(H,15,17). The quantitative estimate of drug-likeness (QED) is 0.385. The van der Waals surface area contributed by atoms with Crippen molar-refractivity contribution in [3.8, 4) is 5.75 Å². The third kappa shape index (κ3) is 4.99. The first-order valence-corrected chi connectivity index (χ1v) is 6.20. The van der Waals surface area contributed by atoms with Gasteiger partial charge in [-0.25, -0.2) is 4.39 Å². The van der Waals surface area contributed by atoms with Gasteiger partial charge in [0.15, 0.2) is 6.67 Å². The summed E-state index contributed by atoms with van der Waals surface area (Å²) in [7, 11) is 0. The van der Waals surface area contributed by atoms with Crippen LogP contribution in [0.5, 0.6) is 5.75 Å². The molecule has 6 nitrogen and oxygen atoms in total. The number of carbonyl (C=O) groups excluding carboxylic acids is 1. The van der Waals surface area contributed by atoms with Crippen molar-refractivity contribution < 1.29 is 18.8 Å². The Morgan fingerprint density at radius 3 is 2.35 bits per heavy atom. The topological polar surface area (TPSA) is 81.5 Å². The number of nitro groups is 1. The lowest BCUT2D eigenvalue weighted by molar-refractivity contribution is -0.384. The summed E-state index contributed by atoms with van der Waals surface area (Å²) in [5, 5.41) is 12.5. The lowest BCUT2D eigenvalue weighted by Gasteiger charge is -2.25. The van der Waals surface area contributed by atoms with Crippen molar-refractivity contribution in [1.82, 2.24) is 5.32 Å². The van der Waals surface area contributed by atoms with E-state index in [2.05, 4.69) is 0 Å². The average Bonchev–Trinajstić information content (AvgIpc) is 2.37. The van der Waals surface area contributed by atoms with Crippen molar-refractivity contribution in [2.45, 2.75) is 10.0 Å². The van der Waals surface area contributed by atoms with Crippen molar-refractivity contribution in [2.24, 2.45) is 0 Å². The van der Waals surface area contributed by atoms with Gasteiger partial charge in [0, 0.05) is 12.1 Å². The highest BCUT2D eigenvalue weighted by Crippen LogP contribution is 2.32. The Bertz CT molecular complexity index is 492. The molecule has 1 aromatic carbocycles. The molecule has 10 heteroatoms. The Labute approximate surface area is 127 Å². The fourth-order valence-electron chi connectivity index (χ4n) is 1.15. The normalized spacial score (nSPS) is 12.6. The Morgan fingerprint density at radius 2 is 1.95 bits per heavy atom. The summed E-state index contributed by atoms with van der Waals surface area (Å²) in [5.74, 6) is -0.922. The van der Waals surface area contributed by atoms with E-state index in [-0.39, 0.29) is 11.4 Å². The molecule has 1 unspecified atom stereocenters. The molecule has 0 heterocycles. The Morgan fingerprint density at radius 1 is 1.40 bits per heavy atom. The smallest absolute Gasteiger partial charge is 0.269 e. The highest BCUT2D eigenvalue weighted by molar-refractivity contribution is 6.68. The minimum atomic E-state index is -2.05. The lowest BCUT2D eigenvalue weighted by atomic mass is 10.3. The van der Waals surface area contributed by atoms with Crippen LogP contribution in [0.25, 0.3) is 0 Å². The molecular formula is C10H8Cl3FN2O4. The number of carbonyl (C=O) groups is 1. The number of nitro benzene ring substituents is 1. The molecule has 0 saturated carbocycles. The van der Waals surface area contributed by atoms with E-state index in [0.29, 0.717) is 0 Å². The molecule has 0 aliphatic heterocycles. The van der Waals surface area contributed by atoms with Gasteiger partial charge in [-0.1, -0.05) is 34.8 Å². The molecule has 0 aliphatic rings. The van der Waals surface area contributed by atoms with Crippen molar-refractivity contribution in [3.05, 3.63) is 34.4 Å². The Hall–Kier alpha value is -1.31. The van der Waals surface area contributed by atoms with E-state index in [9.17, 15) is 19.3 Å². The molecule has 1 N–H and O–H groups in total. The Kier molecular flexibility index (Phi) is 5.79. The summed E-state index contributed by atoms with van der Waals surface area (Å²) >= 11 is 16.8. The molecule has 1 rings (SSSR count). The first-order valence-electron chi connectivity index (χ1n) is 5.07. The summed E-state index contributed by atoms with van der Waals surface area (Å²) in [5.41, 5.74) is -0.157. The van der Waals surface area contributed by atoms with Crippen molar-refractivity contribution >= 4 is 46.4 Å². The van der Waals surface area contributed by atoms with Gasteiger partial charge in [0.1, 0.15) is 5.75 Å². The van der Waals surface area contributed by atoms with Gasteiger partial charge in [0.05, 0.1) is 4.92 Å². The molecule has 0 aromatic heterocycles. The van der Waals surface area contributed by atoms with Crippen molar-refractivity contribution in [2.75, 3.05) is 6.67 Å². The molecule has 1 aromatic rings. The number of hydrogen-bond acceptors (Lipinski definition) is 4. The van der Waals surface area contributed by atoms with Gasteiger partial charge in [0.25, 0.3) is 11.6 Å².